The second kappa shape index (κ2) is 5.91. The average molecular weight is 268 g/mol. The molecule has 0 amide bonds. The van der Waals surface area contributed by atoms with Crippen molar-refractivity contribution >= 4 is 12.2 Å². The predicted molar refractivity (Wildman–Crippen MR) is 67.3 cm³/mol. The van der Waals surface area contributed by atoms with Crippen LogP contribution in [0.1, 0.15) is 6.23 Å². The molecular weight excluding hydrogens is 252 g/mol. The number of hydrogen-bond donors (Lipinski definition) is 1. The Hall–Kier alpha value is -1.77. The molecule has 2 heterocycles. The summed E-state index contributed by atoms with van der Waals surface area (Å²) in [5.74, 6) is 0.326. The van der Waals surface area contributed by atoms with E-state index in [2.05, 4.69) is 9.98 Å². The van der Waals surface area contributed by atoms with Crippen LogP contribution in [-0.2, 0) is 9.47 Å². The minimum absolute atomic E-state index is 0.202. The Morgan fingerprint density at radius 1 is 1.68 bits per heavy atom. The van der Waals surface area contributed by atoms with Gasteiger partial charge in [0.2, 0.25) is 0 Å². The summed E-state index contributed by atoms with van der Waals surface area (Å²) in [6, 6.07) is 1.61. The van der Waals surface area contributed by atoms with Crippen LogP contribution in [0.25, 0.3) is 0 Å². The molecule has 1 aliphatic rings. The first-order valence-electron chi connectivity index (χ1n) is 5.78. The first kappa shape index (κ1) is 13.7. The molecule has 1 fully saturated rings. The first-order valence-corrected chi connectivity index (χ1v) is 5.78. The van der Waals surface area contributed by atoms with E-state index >= 15 is 0 Å². The van der Waals surface area contributed by atoms with E-state index in [1.54, 1.807) is 23.5 Å². The molecule has 8 nitrogen and oxygen atoms in total. The summed E-state index contributed by atoms with van der Waals surface area (Å²) in [6.07, 6.45) is 1.85. The predicted octanol–water partition coefficient (Wildman–Crippen LogP) is -0.671. The van der Waals surface area contributed by atoms with Gasteiger partial charge >= 0.3 is 5.69 Å². The third-order valence-electron chi connectivity index (χ3n) is 2.43. The number of hydrogen-bond acceptors (Lipinski definition) is 6. The molecule has 0 aromatic carbocycles. The molecule has 0 saturated carbocycles. The van der Waals surface area contributed by atoms with Crippen LogP contribution in [0.2, 0.25) is 0 Å². The van der Waals surface area contributed by atoms with Crippen LogP contribution in [0.4, 0.5) is 5.82 Å². The van der Waals surface area contributed by atoms with Crippen molar-refractivity contribution in [1.29, 1.82) is 0 Å². The highest BCUT2D eigenvalue weighted by Crippen LogP contribution is 2.19. The summed E-state index contributed by atoms with van der Waals surface area (Å²) >= 11 is 0. The zero-order valence-corrected chi connectivity index (χ0v) is 10.8. The minimum atomic E-state index is -0.691. The van der Waals surface area contributed by atoms with Crippen molar-refractivity contribution in [3.8, 4) is 0 Å². The van der Waals surface area contributed by atoms with Gasteiger partial charge in [-0.15, -0.1) is 0 Å². The summed E-state index contributed by atoms with van der Waals surface area (Å²) < 4.78 is 11.8. The summed E-state index contributed by atoms with van der Waals surface area (Å²) in [4.78, 5) is 21.4. The molecule has 19 heavy (non-hydrogen) atoms. The highest BCUT2D eigenvalue weighted by atomic mass is 16.7. The lowest BCUT2D eigenvalue weighted by Crippen LogP contribution is -2.28. The van der Waals surface area contributed by atoms with Crippen molar-refractivity contribution < 1.29 is 14.6 Å². The van der Waals surface area contributed by atoms with Crippen molar-refractivity contribution in [3.63, 3.8) is 0 Å². The molecule has 1 saturated heterocycles. The van der Waals surface area contributed by atoms with Crippen LogP contribution >= 0.6 is 0 Å². The van der Waals surface area contributed by atoms with Gasteiger partial charge in [-0.25, -0.2) is 9.79 Å². The lowest BCUT2D eigenvalue weighted by molar-refractivity contribution is -0.0992. The van der Waals surface area contributed by atoms with Crippen LogP contribution in [-0.4, -0.2) is 59.5 Å². The molecule has 8 heteroatoms. The highest BCUT2D eigenvalue weighted by molar-refractivity contribution is 5.58. The smallest absolute Gasteiger partial charge is 0.351 e. The standard InChI is InChI=1S/C11H16N4O4/c1-14(2)7-12-8-3-4-15(11(17)13-8)9-6-18-10(5-16)19-9/h3-4,7,9-10,16H,5-6H2,1-2H3/b12-7-. The van der Waals surface area contributed by atoms with Gasteiger partial charge in [0.1, 0.15) is 0 Å². The van der Waals surface area contributed by atoms with Gasteiger partial charge in [-0.2, -0.15) is 4.98 Å². The van der Waals surface area contributed by atoms with E-state index < -0.39 is 18.2 Å². The Bertz CT molecular complexity index is 514. The average Bonchev–Trinajstić information content (AvgIpc) is 2.85. The zero-order valence-electron chi connectivity index (χ0n) is 10.8. The van der Waals surface area contributed by atoms with Gasteiger partial charge < -0.3 is 19.5 Å². The van der Waals surface area contributed by atoms with Gasteiger partial charge in [-0.1, -0.05) is 0 Å². The van der Waals surface area contributed by atoms with E-state index in [-0.39, 0.29) is 13.2 Å². The summed E-state index contributed by atoms with van der Waals surface area (Å²) in [5, 5.41) is 8.89. The Morgan fingerprint density at radius 3 is 3.05 bits per heavy atom. The van der Waals surface area contributed by atoms with Crippen LogP contribution in [0.15, 0.2) is 22.1 Å². The van der Waals surface area contributed by atoms with E-state index in [0.717, 1.165) is 0 Å². The van der Waals surface area contributed by atoms with Crippen molar-refractivity contribution in [2.24, 2.45) is 4.99 Å². The quantitative estimate of drug-likeness (QED) is 0.575. The maximum absolute atomic E-state index is 11.8. The fraction of sp³-hybridized carbons (Fsp3) is 0.545. The molecule has 0 spiro atoms. The highest BCUT2D eigenvalue weighted by Gasteiger charge is 2.27. The number of aromatic nitrogens is 2. The van der Waals surface area contributed by atoms with E-state index in [4.69, 9.17) is 14.6 Å². The maximum Gasteiger partial charge on any atom is 0.351 e. The Morgan fingerprint density at radius 2 is 2.47 bits per heavy atom. The Balaban J connectivity index is 2.14. The topological polar surface area (TPSA) is 89.2 Å². The summed E-state index contributed by atoms with van der Waals surface area (Å²) in [5.41, 5.74) is -0.472. The van der Waals surface area contributed by atoms with Gasteiger partial charge in [0.25, 0.3) is 0 Å². The zero-order chi connectivity index (χ0) is 13.8. The SMILES string of the molecule is CN(C)/C=N\c1ccn(C2COC(CO)O2)c(=O)n1. The van der Waals surface area contributed by atoms with Crippen LogP contribution in [0.3, 0.4) is 0 Å². The molecule has 2 atom stereocenters. The number of aliphatic hydroxyl groups excluding tert-OH is 1. The van der Waals surface area contributed by atoms with E-state index in [1.165, 1.54) is 4.57 Å². The molecular formula is C11H16N4O4. The van der Waals surface area contributed by atoms with E-state index in [0.29, 0.717) is 5.82 Å². The van der Waals surface area contributed by atoms with Gasteiger partial charge in [0.05, 0.1) is 19.6 Å². The van der Waals surface area contributed by atoms with Gasteiger partial charge in [-0.3, -0.25) is 4.57 Å². The van der Waals surface area contributed by atoms with Gasteiger partial charge in [-0.05, 0) is 6.07 Å². The Kier molecular flexibility index (Phi) is 4.25. The van der Waals surface area contributed by atoms with Gasteiger partial charge in [0, 0.05) is 20.3 Å². The molecule has 0 aliphatic carbocycles. The molecule has 0 bridgehead atoms. The molecule has 0 radical (unpaired) electrons. The second-order valence-electron chi connectivity index (χ2n) is 4.22. The largest absolute Gasteiger partial charge is 0.391 e. The third kappa shape index (κ3) is 3.37. The minimum Gasteiger partial charge on any atom is -0.391 e. The van der Waals surface area contributed by atoms with Crippen LogP contribution in [0, 0.1) is 0 Å². The molecule has 2 unspecified atom stereocenters. The number of nitrogens with zero attached hydrogens (tertiary/aromatic N) is 4. The molecule has 1 aromatic heterocycles. The van der Waals surface area contributed by atoms with Crippen molar-refractivity contribution in [3.05, 3.63) is 22.7 Å². The van der Waals surface area contributed by atoms with Crippen LogP contribution in [0.5, 0.6) is 0 Å². The van der Waals surface area contributed by atoms with E-state index in [1.807, 2.05) is 14.1 Å². The van der Waals surface area contributed by atoms with E-state index in [9.17, 15) is 4.79 Å². The van der Waals surface area contributed by atoms with Crippen LogP contribution < -0.4 is 5.69 Å². The number of aliphatic imine (C=N–C) groups is 1. The molecule has 2 rings (SSSR count). The number of rotatable bonds is 4. The fourth-order valence-electron chi connectivity index (χ4n) is 1.55. The van der Waals surface area contributed by atoms with Crippen molar-refractivity contribution in [1.82, 2.24) is 14.5 Å². The fourth-order valence-corrected chi connectivity index (χ4v) is 1.55. The molecule has 1 N–H and O–H groups in total. The lowest BCUT2D eigenvalue weighted by atomic mass is 10.5. The van der Waals surface area contributed by atoms with Gasteiger partial charge in [0.15, 0.2) is 18.3 Å². The summed E-state index contributed by atoms with van der Waals surface area (Å²) in [6.45, 7) is -0.0446. The normalized spacial score (nSPS) is 23.1. The van der Waals surface area contributed by atoms with Crippen molar-refractivity contribution in [2.75, 3.05) is 27.3 Å². The molecule has 1 aromatic rings. The first-order chi connectivity index (χ1) is 9.10. The molecule has 104 valence electrons. The maximum atomic E-state index is 11.8. The van der Waals surface area contributed by atoms with Crippen molar-refractivity contribution in [2.45, 2.75) is 12.5 Å². The monoisotopic (exact) mass is 268 g/mol. The second-order valence-corrected chi connectivity index (χ2v) is 4.22. The third-order valence-corrected chi connectivity index (χ3v) is 2.43. The lowest BCUT2D eigenvalue weighted by Gasteiger charge is -2.11. The number of ether oxygens (including phenoxy) is 2. The molecule has 1 aliphatic heterocycles. The Labute approximate surface area is 109 Å². The summed E-state index contributed by atoms with van der Waals surface area (Å²) in [7, 11) is 3.65. The number of aliphatic hydroxyl groups is 1.